The van der Waals surface area contributed by atoms with Crippen molar-refractivity contribution in [2.45, 2.75) is 19.3 Å². The lowest BCUT2D eigenvalue weighted by Gasteiger charge is -2.19. The van der Waals surface area contributed by atoms with E-state index in [0.717, 1.165) is 30.9 Å². The largest absolute Gasteiger partial charge is 0.497 e. The van der Waals surface area contributed by atoms with Crippen LogP contribution in [0.25, 0.3) is 0 Å². The summed E-state index contributed by atoms with van der Waals surface area (Å²) in [7, 11) is 3.46. The molecule has 4 nitrogen and oxygen atoms in total. The molecule has 1 amide bonds. The zero-order chi connectivity index (χ0) is 13.7. The van der Waals surface area contributed by atoms with Crippen LogP contribution < -0.4 is 15.0 Å². The number of nitrogens with one attached hydrogen (secondary N) is 1. The first-order valence-electron chi connectivity index (χ1n) is 6.82. The Morgan fingerprint density at radius 3 is 3.05 bits per heavy atom. The van der Waals surface area contributed by atoms with E-state index in [0.29, 0.717) is 12.3 Å². The number of benzene rings is 1. The van der Waals surface area contributed by atoms with Crippen molar-refractivity contribution >= 4 is 11.6 Å². The first kappa shape index (κ1) is 13.9. The number of methoxy groups -OCH3 is 1. The minimum atomic E-state index is 0.167. The molecular formula is C15H22N2O2. The van der Waals surface area contributed by atoms with Crippen molar-refractivity contribution in [2.24, 2.45) is 5.92 Å². The van der Waals surface area contributed by atoms with Crippen molar-refractivity contribution in [3.8, 4) is 5.75 Å². The van der Waals surface area contributed by atoms with Crippen LogP contribution in [-0.4, -0.2) is 33.2 Å². The smallest absolute Gasteiger partial charge is 0.226 e. The van der Waals surface area contributed by atoms with E-state index in [1.807, 2.05) is 31.3 Å². The standard InChI is InChI=1S/C15H22N2O2/c1-17(13-4-3-5-14(10-13)19-2)15(18)7-6-12-8-9-16-11-12/h3-5,10,12,16H,6-9,11H2,1-2H3. The maximum atomic E-state index is 12.2. The molecule has 1 aliphatic rings. The third-order valence-electron chi connectivity index (χ3n) is 3.74. The number of rotatable bonds is 5. The predicted molar refractivity (Wildman–Crippen MR) is 76.6 cm³/mol. The minimum Gasteiger partial charge on any atom is -0.497 e. The number of nitrogens with zero attached hydrogens (tertiary/aromatic N) is 1. The molecular weight excluding hydrogens is 240 g/mol. The zero-order valence-electron chi connectivity index (χ0n) is 11.7. The summed E-state index contributed by atoms with van der Waals surface area (Å²) in [5, 5.41) is 3.33. The lowest BCUT2D eigenvalue weighted by molar-refractivity contribution is -0.118. The van der Waals surface area contributed by atoms with Gasteiger partial charge in [0.1, 0.15) is 5.75 Å². The number of ether oxygens (including phenoxy) is 1. The molecule has 0 aliphatic carbocycles. The van der Waals surface area contributed by atoms with E-state index in [4.69, 9.17) is 4.74 Å². The molecule has 0 bridgehead atoms. The van der Waals surface area contributed by atoms with Gasteiger partial charge in [-0.3, -0.25) is 4.79 Å². The third kappa shape index (κ3) is 3.70. The third-order valence-corrected chi connectivity index (χ3v) is 3.74. The van der Waals surface area contributed by atoms with Crippen molar-refractivity contribution in [3.63, 3.8) is 0 Å². The van der Waals surface area contributed by atoms with E-state index in [1.165, 1.54) is 6.42 Å². The molecule has 1 aromatic carbocycles. The molecule has 1 aliphatic heterocycles. The molecule has 1 fully saturated rings. The Hall–Kier alpha value is -1.55. The Kier molecular flexibility index (Phi) is 4.80. The summed E-state index contributed by atoms with van der Waals surface area (Å²) in [6.45, 7) is 2.14. The highest BCUT2D eigenvalue weighted by Crippen LogP contribution is 2.22. The Morgan fingerprint density at radius 1 is 1.53 bits per heavy atom. The molecule has 1 saturated heterocycles. The highest BCUT2D eigenvalue weighted by Gasteiger charge is 2.18. The van der Waals surface area contributed by atoms with Gasteiger partial charge < -0.3 is 15.0 Å². The Morgan fingerprint density at radius 2 is 2.37 bits per heavy atom. The molecule has 0 saturated carbocycles. The van der Waals surface area contributed by atoms with Crippen LogP contribution in [0.15, 0.2) is 24.3 Å². The van der Waals surface area contributed by atoms with E-state index in [9.17, 15) is 4.79 Å². The van der Waals surface area contributed by atoms with Gasteiger partial charge in [-0.05, 0) is 44.0 Å². The molecule has 1 unspecified atom stereocenters. The van der Waals surface area contributed by atoms with Gasteiger partial charge in [-0.1, -0.05) is 6.07 Å². The van der Waals surface area contributed by atoms with Gasteiger partial charge in [-0.25, -0.2) is 0 Å². The summed E-state index contributed by atoms with van der Waals surface area (Å²) in [6.07, 6.45) is 2.77. The Labute approximate surface area is 114 Å². The first-order chi connectivity index (χ1) is 9.20. The summed E-state index contributed by atoms with van der Waals surface area (Å²) in [5.41, 5.74) is 0.883. The molecule has 0 radical (unpaired) electrons. The van der Waals surface area contributed by atoms with Gasteiger partial charge >= 0.3 is 0 Å². The van der Waals surface area contributed by atoms with Crippen LogP contribution in [0.3, 0.4) is 0 Å². The number of carbonyl (C=O) groups is 1. The summed E-state index contributed by atoms with van der Waals surface area (Å²) in [4.78, 5) is 13.9. The van der Waals surface area contributed by atoms with E-state index in [1.54, 1.807) is 12.0 Å². The highest BCUT2D eigenvalue weighted by molar-refractivity contribution is 5.92. The molecule has 4 heteroatoms. The summed E-state index contributed by atoms with van der Waals surface area (Å²) in [6, 6.07) is 7.59. The fraction of sp³-hybridized carbons (Fsp3) is 0.533. The lowest BCUT2D eigenvalue weighted by Crippen LogP contribution is -2.26. The second-order valence-electron chi connectivity index (χ2n) is 5.05. The molecule has 1 aromatic rings. The monoisotopic (exact) mass is 262 g/mol. The molecule has 0 spiro atoms. The first-order valence-corrected chi connectivity index (χ1v) is 6.82. The zero-order valence-corrected chi connectivity index (χ0v) is 11.7. The topological polar surface area (TPSA) is 41.6 Å². The molecule has 0 aromatic heterocycles. The molecule has 2 rings (SSSR count). The van der Waals surface area contributed by atoms with Crippen LogP contribution in [0.2, 0.25) is 0 Å². The average Bonchev–Trinajstić information content (AvgIpc) is 2.97. The molecule has 1 N–H and O–H groups in total. The van der Waals surface area contributed by atoms with Crippen molar-refractivity contribution in [2.75, 3.05) is 32.1 Å². The van der Waals surface area contributed by atoms with Crippen molar-refractivity contribution in [1.29, 1.82) is 0 Å². The van der Waals surface area contributed by atoms with Crippen LogP contribution in [0.4, 0.5) is 5.69 Å². The quantitative estimate of drug-likeness (QED) is 0.883. The van der Waals surface area contributed by atoms with Crippen LogP contribution in [0.5, 0.6) is 5.75 Å². The van der Waals surface area contributed by atoms with Gasteiger partial charge in [-0.15, -0.1) is 0 Å². The SMILES string of the molecule is COc1cccc(N(C)C(=O)CCC2CCNC2)c1. The molecule has 104 valence electrons. The fourth-order valence-electron chi connectivity index (χ4n) is 2.42. The van der Waals surface area contributed by atoms with Gasteiger partial charge in [0.25, 0.3) is 0 Å². The number of hydrogen-bond acceptors (Lipinski definition) is 3. The van der Waals surface area contributed by atoms with E-state index in [2.05, 4.69) is 5.32 Å². The number of carbonyl (C=O) groups excluding carboxylic acids is 1. The maximum absolute atomic E-state index is 12.2. The number of anilines is 1. The second kappa shape index (κ2) is 6.57. The number of hydrogen-bond donors (Lipinski definition) is 1. The molecule has 19 heavy (non-hydrogen) atoms. The molecule has 1 atom stereocenters. The van der Waals surface area contributed by atoms with Gasteiger partial charge in [0.15, 0.2) is 0 Å². The summed E-state index contributed by atoms with van der Waals surface area (Å²) in [5.74, 6) is 1.60. The average molecular weight is 262 g/mol. The van der Waals surface area contributed by atoms with Crippen molar-refractivity contribution < 1.29 is 9.53 Å². The van der Waals surface area contributed by atoms with Crippen LogP contribution in [0.1, 0.15) is 19.3 Å². The van der Waals surface area contributed by atoms with Crippen LogP contribution >= 0.6 is 0 Å². The van der Waals surface area contributed by atoms with Gasteiger partial charge in [0.05, 0.1) is 7.11 Å². The minimum absolute atomic E-state index is 0.167. The lowest BCUT2D eigenvalue weighted by atomic mass is 10.0. The number of amides is 1. The van der Waals surface area contributed by atoms with Gasteiger partial charge in [-0.2, -0.15) is 0 Å². The van der Waals surface area contributed by atoms with Crippen LogP contribution in [-0.2, 0) is 4.79 Å². The normalized spacial score (nSPS) is 18.3. The van der Waals surface area contributed by atoms with Gasteiger partial charge in [0, 0.05) is 25.2 Å². The molecule has 1 heterocycles. The maximum Gasteiger partial charge on any atom is 0.226 e. The summed E-state index contributed by atoms with van der Waals surface area (Å²) >= 11 is 0. The second-order valence-corrected chi connectivity index (χ2v) is 5.05. The Balaban J connectivity index is 1.89. The van der Waals surface area contributed by atoms with Crippen molar-refractivity contribution in [3.05, 3.63) is 24.3 Å². The highest BCUT2D eigenvalue weighted by atomic mass is 16.5. The Bertz CT molecular complexity index is 428. The van der Waals surface area contributed by atoms with Crippen LogP contribution in [0, 0.1) is 5.92 Å². The van der Waals surface area contributed by atoms with E-state index >= 15 is 0 Å². The fourth-order valence-corrected chi connectivity index (χ4v) is 2.42. The summed E-state index contributed by atoms with van der Waals surface area (Å²) < 4.78 is 5.18. The van der Waals surface area contributed by atoms with Gasteiger partial charge in [0.2, 0.25) is 5.91 Å². The van der Waals surface area contributed by atoms with Crippen molar-refractivity contribution in [1.82, 2.24) is 5.32 Å². The predicted octanol–water partition coefficient (Wildman–Crippen LogP) is 2.05. The van der Waals surface area contributed by atoms with E-state index in [-0.39, 0.29) is 5.91 Å². The van der Waals surface area contributed by atoms with E-state index < -0.39 is 0 Å².